The first-order chi connectivity index (χ1) is 8.10. The maximum absolute atomic E-state index is 10.1. The number of nitrogens with one attached hydrogen (secondary N) is 1. The summed E-state index contributed by atoms with van der Waals surface area (Å²) in [6, 6.07) is 1.89. The molecular weight excluding hydrogens is 218 g/mol. The van der Waals surface area contributed by atoms with Crippen molar-refractivity contribution in [3.8, 4) is 0 Å². The quantitative estimate of drug-likeness (QED) is 0.796. The van der Waals surface area contributed by atoms with E-state index in [4.69, 9.17) is 4.74 Å². The van der Waals surface area contributed by atoms with Crippen LogP contribution in [0.25, 0.3) is 0 Å². The van der Waals surface area contributed by atoms with Crippen LogP contribution in [0, 0.1) is 0 Å². The summed E-state index contributed by atoms with van der Waals surface area (Å²) in [5.74, 6) is 0.701. The molecule has 0 fully saturated rings. The minimum atomic E-state index is -0.261. The van der Waals surface area contributed by atoms with Gasteiger partial charge in [-0.05, 0) is 11.6 Å². The molecule has 1 heterocycles. The number of hydrogen-bond donors (Lipinski definition) is 1. The zero-order valence-electron chi connectivity index (χ0n) is 11.2. The van der Waals surface area contributed by atoms with E-state index in [9.17, 15) is 4.79 Å². The Hall–Kier alpha value is -1.65. The molecule has 0 atom stereocenters. The number of aromatic nitrogens is 2. The number of ether oxygens (including phenoxy) is 1. The third-order valence-electron chi connectivity index (χ3n) is 2.20. The van der Waals surface area contributed by atoms with E-state index in [0.717, 1.165) is 5.56 Å². The molecule has 0 amide bonds. The smallest absolute Gasteiger partial charge is 0.293 e. The van der Waals surface area contributed by atoms with E-state index >= 15 is 0 Å². The number of nitrogens with zero attached hydrogens (tertiary/aromatic N) is 2. The lowest BCUT2D eigenvalue weighted by Gasteiger charge is -2.23. The first-order valence-electron chi connectivity index (χ1n) is 5.66. The number of anilines is 1. The molecular formula is C12H21N3O2. The highest BCUT2D eigenvalue weighted by Gasteiger charge is 2.22. The van der Waals surface area contributed by atoms with Crippen molar-refractivity contribution < 1.29 is 9.53 Å². The van der Waals surface area contributed by atoms with Crippen molar-refractivity contribution in [3.63, 3.8) is 0 Å². The SMILES string of the molecule is CC.CNc1cc(C(C)(C)COC=O)cnn1. The van der Waals surface area contributed by atoms with Gasteiger partial charge in [-0.25, -0.2) is 0 Å². The third kappa shape index (κ3) is 4.80. The summed E-state index contributed by atoms with van der Waals surface area (Å²) in [7, 11) is 1.78. The van der Waals surface area contributed by atoms with Gasteiger partial charge in [0.25, 0.3) is 6.47 Å². The van der Waals surface area contributed by atoms with Crippen molar-refractivity contribution in [1.82, 2.24) is 10.2 Å². The second-order valence-electron chi connectivity index (χ2n) is 3.87. The molecule has 1 aromatic heterocycles. The van der Waals surface area contributed by atoms with Gasteiger partial charge in [-0.1, -0.05) is 27.7 Å². The molecule has 1 N–H and O–H groups in total. The molecule has 96 valence electrons. The fourth-order valence-electron chi connectivity index (χ4n) is 1.18. The van der Waals surface area contributed by atoms with Gasteiger partial charge in [-0.15, -0.1) is 5.10 Å². The number of carbonyl (C=O) groups excluding carboxylic acids is 1. The molecule has 0 saturated carbocycles. The average Bonchev–Trinajstić information content (AvgIpc) is 2.39. The summed E-state index contributed by atoms with van der Waals surface area (Å²) in [5.41, 5.74) is 0.714. The third-order valence-corrected chi connectivity index (χ3v) is 2.20. The van der Waals surface area contributed by atoms with E-state index in [2.05, 4.69) is 15.5 Å². The minimum absolute atomic E-state index is 0.261. The second kappa shape index (κ2) is 7.60. The lowest BCUT2D eigenvalue weighted by Crippen LogP contribution is -2.24. The van der Waals surface area contributed by atoms with E-state index in [1.165, 1.54) is 0 Å². The highest BCUT2D eigenvalue weighted by Crippen LogP contribution is 2.23. The van der Waals surface area contributed by atoms with Crippen molar-refractivity contribution in [2.75, 3.05) is 19.0 Å². The molecule has 5 heteroatoms. The standard InChI is InChI=1S/C10H15N3O2.C2H6/c1-10(2,6-15-7-14)8-4-9(11-3)13-12-5-8;1-2/h4-5,7H,6H2,1-3H3,(H,11,13);1-2H3. The Kier molecular flexibility index (Phi) is 6.86. The van der Waals surface area contributed by atoms with Crippen molar-refractivity contribution >= 4 is 12.3 Å². The topological polar surface area (TPSA) is 64.1 Å². The van der Waals surface area contributed by atoms with Crippen LogP contribution in [0.15, 0.2) is 12.3 Å². The van der Waals surface area contributed by atoms with E-state index < -0.39 is 0 Å². The Morgan fingerprint density at radius 3 is 2.65 bits per heavy atom. The molecule has 0 spiro atoms. The Bertz CT molecular complexity index is 340. The Balaban J connectivity index is 0.00000121. The fraction of sp³-hybridized carbons (Fsp3) is 0.583. The maximum atomic E-state index is 10.1. The predicted octanol–water partition coefficient (Wildman–Crippen LogP) is 2.00. The van der Waals surface area contributed by atoms with Crippen molar-refractivity contribution in [3.05, 3.63) is 17.8 Å². The van der Waals surface area contributed by atoms with Crippen LogP contribution < -0.4 is 5.32 Å². The summed E-state index contributed by atoms with van der Waals surface area (Å²) in [6.45, 7) is 8.74. The summed E-state index contributed by atoms with van der Waals surface area (Å²) < 4.78 is 4.78. The number of rotatable bonds is 5. The van der Waals surface area contributed by atoms with Crippen molar-refractivity contribution in [2.45, 2.75) is 33.1 Å². The average molecular weight is 239 g/mol. The molecule has 0 aliphatic rings. The molecule has 17 heavy (non-hydrogen) atoms. The van der Waals surface area contributed by atoms with Crippen LogP contribution in [0.5, 0.6) is 0 Å². The molecule has 1 aromatic rings. The molecule has 0 bridgehead atoms. The molecule has 0 aliphatic carbocycles. The van der Waals surface area contributed by atoms with Gasteiger partial charge in [0.1, 0.15) is 12.4 Å². The zero-order valence-corrected chi connectivity index (χ0v) is 11.2. The lowest BCUT2D eigenvalue weighted by molar-refractivity contribution is -0.130. The minimum Gasteiger partial charge on any atom is -0.467 e. The molecule has 0 saturated heterocycles. The maximum Gasteiger partial charge on any atom is 0.293 e. The van der Waals surface area contributed by atoms with Gasteiger partial charge in [0, 0.05) is 12.5 Å². The highest BCUT2D eigenvalue weighted by atomic mass is 16.5. The van der Waals surface area contributed by atoms with Crippen LogP contribution in [0.2, 0.25) is 0 Å². The Labute approximate surface area is 103 Å². The van der Waals surface area contributed by atoms with Gasteiger partial charge in [0.15, 0.2) is 0 Å². The second-order valence-corrected chi connectivity index (χ2v) is 3.87. The summed E-state index contributed by atoms with van der Waals surface area (Å²) in [5, 5.41) is 10.7. The van der Waals surface area contributed by atoms with Crippen LogP contribution >= 0.6 is 0 Å². The van der Waals surface area contributed by atoms with Crippen LogP contribution in [-0.2, 0) is 14.9 Å². The van der Waals surface area contributed by atoms with Crippen molar-refractivity contribution in [1.29, 1.82) is 0 Å². The van der Waals surface area contributed by atoms with Gasteiger partial charge in [-0.2, -0.15) is 5.10 Å². The molecule has 1 rings (SSSR count). The number of carbonyl (C=O) groups is 1. The summed E-state index contributed by atoms with van der Waals surface area (Å²) in [6.07, 6.45) is 1.68. The highest BCUT2D eigenvalue weighted by molar-refractivity contribution is 5.39. The Morgan fingerprint density at radius 1 is 1.47 bits per heavy atom. The van der Waals surface area contributed by atoms with Crippen LogP contribution in [0.1, 0.15) is 33.3 Å². The van der Waals surface area contributed by atoms with Gasteiger partial charge < -0.3 is 10.1 Å². The molecule has 0 radical (unpaired) electrons. The van der Waals surface area contributed by atoms with Crippen LogP contribution in [0.3, 0.4) is 0 Å². The summed E-state index contributed by atoms with van der Waals surface area (Å²) >= 11 is 0. The molecule has 0 unspecified atom stereocenters. The monoisotopic (exact) mass is 239 g/mol. The first kappa shape index (κ1) is 15.3. The van der Waals surface area contributed by atoms with Gasteiger partial charge >= 0.3 is 0 Å². The zero-order chi connectivity index (χ0) is 13.3. The van der Waals surface area contributed by atoms with Crippen molar-refractivity contribution in [2.24, 2.45) is 0 Å². The summed E-state index contributed by atoms with van der Waals surface area (Å²) in [4.78, 5) is 10.1. The molecule has 5 nitrogen and oxygen atoms in total. The van der Waals surface area contributed by atoms with E-state index in [1.807, 2.05) is 33.8 Å². The van der Waals surface area contributed by atoms with E-state index in [1.54, 1.807) is 13.2 Å². The van der Waals surface area contributed by atoms with E-state index in [0.29, 0.717) is 18.9 Å². The Morgan fingerprint density at radius 2 is 2.12 bits per heavy atom. The largest absolute Gasteiger partial charge is 0.467 e. The lowest BCUT2D eigenvalue weighted by atomic mass is 9.87. The van der Waals surface area contributed by atoms with Gasteiger partial charge in [-0.3, -0.25) is 4.79 Å². The van der Waals surface area contributed by atoms with Gasteiger partial charge in [0.05, 0.1) is 6.20 Å². The van der Waals surface area contributed by atoms with Crippen LogP contribution in [0.4, 0.5) is 5.82 Å². The molecule has 0 aliphatic heterocycles. The van der Waals surface area contributed by atoms with Gasteiger partial charge in [0.2, 0.25) is 0 Å². The number of hydrogen-bond acceptors (Lipinski definition) is 5. The predicted molar refractivity (Wildman–Crippen MR) is 68.0 cm³/mol. The first-order valence-corrected chi connectivity index (χ1v) is 5.66. The fourth-order valence-corrected chi connectivity index (χ4v) is 1.18. The normalized spacial score (nSPS) is 9.94. The molecule has 0 aromatic carbocycles. The van der Waals surface area contributed by atoms with E-state index in [-0.39, 0.29) is 5.41 Å². The van der Waals surface area contributed by atoms with Crippen LogP contribution in [-0.4, -0.2) is 30.3 Å².